The van der Waals surface area contributed by atoms with E-state index in [0.29, 0.717) is 22.1 Å². The van der Waals surface area contributed by atoms with E-state index in [1.807, 2.05) is 0 Å². The number of hydrogen-bond donors (Lipinski definition) is 0. The summed E-state index contributed by atoms with van der Waals surface area (Å²) in [5.41, 5.74) is 1.36. The van der Waals surface area contributed by atoms with Gasteiger partial charge in [0.1, 0.15) is 23.9 Å². The van der Waals surface area contributed by atoms with Crippen molar-refractivity contribution in [2.45, 2.75) is 13.5 Å². The topological polar surface area (TPSA) is 39.2 Å². The highest BCUT2D eigenvalue weighted by Gasteiger charge is 2.08. The molecule has 0 radical (unpaired) electrons. The molecule has 0 aliphatic heterocycles. The number of nitrogens with zero attached hydrogens (tertiary/aromatic N) is 1. The Morgan fingerprint density at radius 3 is 2.84 bits per heavy atom. The summed E-state index contributed by atoms with van der Waals surface area (Å²) in [5.74, 6) is -0.00924. The third-order valence-corrected chi connectivity index (χ3v) is 3.03. The van der Waals surface area contributed by atoms with Gasteiger partial charge in [-0.15, -0.1) is 0 Å². The van der Waals surface area contributed by atoms with Crippen LogP contribution in [0.25, 0.3) is 0 Å². The molecule has 0 saturated carbocycles. The second kappa shape index (κ2) is 5.93. The smallest absolute Gasteiger partial charge is 0.172 e. The molecule has 0 bridgehead atoms. The van der Waals surface area contributed by atoms with Crippen molar-refractivity contribution < 1.29 is 13.9 Å². The van der Waals surface area contributed by atoms with Crippen LogP contribution >= 0.6 is 15.9 Å². The van der Waals surface area contributed by atoms with E-state index in [1.54, 1.807) is 31.2 Å². The minimum absolute atomic E-state index is 0.0463. The van der Waals surface area contributed by atoms with E-state index in [4.69, 9.17) is 4.74 Å². The average molecular weight is 324 g/mol. The first-order valence-corrected chi connectivity index (χ1v) is 6.39. The molecule has 0 atom stereocenters. The molecule has 3 nitrogen and oxygen atoms in total. The van der Waals surface area contributed by atoms with Crippen molar-refractivity contribution >= 4 is 22.2 Å². The van der Waals surface area contributed by atoms with E-state index in [1.165, 1.54) is 6.07 Å². The normalized spacial score (nSPS) is 10.3. The van der Waals surface area contributed by atoms with Gasteiger partial charge >= 0.3 is 0 Å². The van der Waals surface area contributed by atoms with Gasteiger partial charge in [-0.25, -0.2) is 9.37 Å². The van der Waals surface area contributed by atoms with Gasteiger partial charge in [-0.3, -0.25) is 4.79 Å². The number of pyridine rings is 1. The molecule has 0 aliphatic carbocycles. The molecule has 2 aromatic rings. The highest BCUT2D eigenvalue weighted by molar-refractivity contribution is 9.10. The number of aryl methyl sites for hydroxylation is 1. The quantitative estimate of drug-likeness (QED) is 0.806. The summed E-state index contributed by atoms with van der Waals surface area (Å²) in [7, 11) is 0. The standard InChI is InChI=1S/C14H11BrFNO2/c1-9-2-5-14(13(7-18)17-9)19-8-10-3-4-11(15)6-12(10)16/h2-7H,8H2,1H3. The van der Waals surface area contributed by atoms with Gasteiger partial charge in [0.2, 0.25) is 0 Å². The van der Waals surface area contributed by atoms with Crippen molar-refractivity contribution in [3.05, 3.63) is 57.6 Å². The van der Waals surface area contributed by atoms with Crippen molar-refractivity contribution in [2.24, 2.45) is 0 Å². The Morgan fingerprint density at radius 2 is 2.16 bits per heavy atom. The maximum absolute atomic E-state index is 13.6. The average Bonchev–Trinajstić information content (AvgIpc) is 2.39. The van der Waals surface area contributed by atoms with Crippen molar-refractivity contribution in [1.29, 1.82) is 0 Å². The summed E-state index contributed by atoms with van der Waals surface area (Å²) < 4.78 is 19.7. The molecule has 2 rings (SSSR count). The van der Waals surface area contributed by atoms with Gasteiger partial charge in [0.15, 0.2) is 6.29 Å². The number of carbonyl (C=O) groups is 1. The Hall–Kier alpha value is -1.75. The molecule has 0 spiro atoms. The summed E-state index contributed by atoms with van der Waals surface area (Å²) in [6.07, 6.45) is 0.625. The Morgan fingerprint density at radius 1 is 1.37 bits per heavy atom. The summed E-state index contributed by atoms with van der Waals surface area (Å²) in [4.78, 5) is 14.9. The van der Waals surface area contributed by atoms with Crippen LogP contribution in [0.2, 0.25) is 0 Å². The lowest BCUT2D eigenvalue weighted by Gasteiger charge is -2.09. The monoisotopic (exact) mass is 323 g/mol. The summed E-state index contributed by atoms with van der Waals surface area (Å²) in [6.45, 7) is 1.83. The second-order valence-corrected chi connectivity index (χ2v) is 4.89. The Bertz CT molecular complexity index is 616. The van der Waals surface area contributed by atoms with Gasteiger partial charge in [-0.1, -0.05) is 22.0 Å². The lowest BCUT2D eigenvalue weighted by atomic mass is 10.2. The van der Waals surface area contributed by atoms with Crippen LogP contribution in [0.5, 0.6) is 5.75 Å². The molecule has 0 aliphatic rings. The van der Waals surface area contributed by atoms with Gasteiger partial charge in [-0.2, -0.15) is 0 Å². The molecule has 1 aromatic carbocycles. The van der Waals surface area contributed by atoms with Crippen LogP contribution in [0.3, 0.4) is 0 Å². The van der Waals surface area contributed by atoms with Gasteiger partial charge in [0, 0.05) is 15.7 Å². The van der Waals surface area contributed by atoms with Crippen LogP contribution in [-0.4, -0.2) is 11.3 Å². The molecule has 1 aromatic heterocycles. The zero-order chi connectivity index (χ0) is 13.8. The number of carbonyl (C=O) groups excluding carboxylic acids is 1. The van der Waals surface area contributed by atoms with Crippen LogP contribution < -0.4 is 4.74 Å². The van der Waals surface area contributed by atoms with Crippen molar-refractivity contribution in [3.63, 3.8) is 0 Å². The Kier molecular flexibility index (Phi) is 4.27. The maximum atomic E-state index is 13.6. The van der Waals surface area contributed by atoms with Crippen LogP contribution in [0.4, 0.5) is 4.39 Å². The molecule has 19 heavy (non-hydrogen) atoms. The lowest BCUT2D eigenvalue weighted by Crippen LogP contribution is -2.02. The fraction of sp³-hybridized carbons (Fsp3) is 0.143. The SMILES string of the molecule is Cc1ccc(OCc2ccc(Br)cc2F)c(C=O)n1. The first kappa shape index (κ1) is 13.7. The molecule has 98 valence electrons. The molecular weight excluding hydrogens is 313 g/mol. The van der Waals surface area contributed by atoms with Crippen molar-refractivity contribution in [1.82, 2.24) is 4.98 Å². The number of aldehydes is 1. The fourth-order valence-corrected chi connectivity index (χ4v) is 1.90. The second-order valence-electron chi connectivity index (χ2n) is 3.98. The maximum Gasteiger partial charge on any atom is 0.172 e. The number of benzene rings is 1. The Labute approximate surface area is 118 Å². The van der Waals surface area contributed by atoms with E-state index in [0.717, 1.165) is 5.69 Å². The van der Waals surface area contributed by atoms with Crippen LogP contribution in [0.1, 0.15) is 21.7 Å². The number of ether oxygens (including phenoxy) is 1. The van der Waals surface area contributed by atoms with Gasteiger partial charge in [0.05, 0.1) is 0 Å². The number of aromatic nitrogens is 1. The number of rotatable bonds is 4. The zero-order valence-electron chi connectivity index (χ0n) is 10.2. The first-order valence-electron chi connectivity index (χ1n) is 5.59. The number of halogens is 2. The third kappa shape index (κ3) is 3.38. The predicted octanol–water partition coefficient (Wildman–Crippen LogP) is 3.68. The molecule has 0 fully saturated rings. The molecule has 0 N–H and O–H groups in total. The van der Waals surface area contributed by atoms with Crippen LogP contribution in [-0.2, 0) is 6.61 Å². The molecule has 1 heterocycles. The van der Waals surface area contributed by atoms with Gasteiger partial charge in [-0.05, 0) is 31.2 Å². The summed E-state index contributed by atoms with van der Waals surface area (Å²) in [5, 5.41) is 0. The largest absolute Gasteiger partial charge is 0.486 e. The first-order chi connectivity index (χ1) is 9.10. The van der Waals surface area contributed by atoms with Gasteiger partial charge < -0.3 is 4.74 Å². The van der Waals surface area contributed by atoms with Gasteiger partial charge in [0.25, 0.3) is 0 Å². The lowest BCUT2D eigenvalue weighted by molar-refractivity contribution is 0.111. The van der Waals surface area contributed by atoms with E-state index in [9.17, 15) is 9.18 Å². The molecule has 0 saturated heterocycles. The van der Waals surface area contributed by atoms with E-state index < -0.39 is 0 Å². The highest BCUT2D eigenvalue weighted by atomic mass is 79.9. The summed E-state index contributed by atoms with van der Waals surface area (Å²) in [6, 6.07) is 8.12. The summed E-state index contributed by atoms with van der Waals surface area (Å²) >= 11 is 3.19. The molecule has 0 amide bonds. The predicted molar refractivity (Wildman–Crippen MR) is 72.8 cm³/mol. The van der Waals surface area contributed by atoms with E-state index in [2.05, 4.69) is 20.9 Å². The van der Waals surface area contributed by atoms with E-state index in [-0.39, 0.29) is 18.1 Å². The zero-order valence-corrected chi connectivity index (χ0v) is 11.8. The fourth-order valence-electron chi connectivity index (χ4n) is 1.56. The number of hydrogen-bond acceptors (Lipinski definition) is 3. The van der Waals surface area contributed by atoms with Crippen molar-refractivity contribution in [2.75, 3.05) is 0 Å². The molecule has 5 heteroatoms. The van der Waals surface area contributed by atoms with Crippen LogP contribution in [0.15, 0.2) is 34.8 Å². The minimum atomic E-state index is -0.359. The third-order valence-electron chi connectivity index (χ3n) is 2.54. The highest BCUT2D eigenvalue weighted by Crippen LogP contribution is 2.19. The van der Waals surface area contributed by atoms with Crippen molar-refractivity contribution in [3.8, 4) is 5.75 Å². The van der Waals surface area contributed by atoms with E-state index >= 15 is 0 Å². The molecule has 0 unspecified atom stereocenters. The molecular formula is C14H11BrFNO2. The van der Waals surface area contributed by atoms with Crippen LogP contribution in [0, 0.1) is 12.7 Å². The Balaban J connectivity index is 2.16. The minimum Gasteiger partial charge on any atom is -0.486 e.